The molecule has 0 saturated heterocycles. The van der Waals surface area contributed by atoms with Crippen LogP contribution in [0.5, 0.6) is 5.75 Å². The van der Waals surface area contributed by atoms with Crippen LogP contribution in [0.1, 0.15) is 25.7 Å². The molecule has 7 heteroatoms. The molecule has 2 rings (SSSR count). The maximum Gasteiger partial charge on any atom is 0.275 e. The molecule has 0 bridgehead atoms. The minimum absolute atomic E-state index is 0.284. The van der Waals surface area contributed by atoms with Gasteiger partial charge in [-0.3, -0.25) is 10.2 Å². The summed E-state index contributed by atoms with van der Waals surface area (Å²) in [6.45, 7) is 2.18. The van der Waals surface area contributed by atoms with Gasteiger partial charge in [0.15, 0.2) is 0 Å². The second-order valence-electron chi connectivity index (χ2n) is 4.21. The van der Waals surface area contributed by atoms with E-state index in [4.69, 9.17) is 27.4 Å². The van der Waals surface area contributed by atoms with Crippen LogP contribution in [0.3, 0.4) is 0 Å². The van der Waals surface area contributed by atoms with E-state index in [0.717, 1.165) is 10.4 Å². The lowest BCUT2D eigenvalue weighted by Crippen LogP contribution is -2.29. The molecule has 1 aromatic carbocycles. The van der Waals surface area contributed by atoms with Gasteiger partial charge in [0, 0.05) is 10.4 Å². The largest absolute Gasteiger partial charge is 0.487 e. The lowest BCUT2D eigenvalue weighted by molar-refractivity contribution is 0.0957. The summed E-state index contributed by atoms with van der Waals surface area (Å²) < 4.78 is 5.63. The fourth-order valence-corrected chi connectivity index (χ4v) is 2.86. The highest BCUT2D eigenvalue weighted by Crippen LogP contribution is 2.28. The Labute approximate surface area is 130 Å². The van der Waals surface area contributed by atoms with Gasteiger partial charge >= 0.3 is 0 Å². The lowest BCUT2D eigenvalue weighted by Gasteiger charge is -2.07. The summed E-state index contributed by atoms with van der Waals surface area (Å²) in [6, 6.07) is 8.57. The van der Waals surface area contributed by atoms with Crippen LogP contribution in [-0.4, -0.2) is 5.91 Å². The lowest BCUT2D eigenvalue weighted by atomic mass is 10.2. The highest BCUT2D eigenvalue weighted by Gasteiger charge is 2.12. The third-order valence-corrected chi connectivity index (χ3v) is 4.21. The Morgan fingerprint density at radius 2 is 2.29 bits per heavy atom. The molecular weight excluding hydrogens is 310 g/mol. The molecule has 0 fully saturated rings. The number of hydrogen-bond donors (Lipinski definition) is 2. The minimum Gasteiger partial charge on any atom is -0.487 e. The molecule has 0 aliphatic rings. The number of nitriles is 1. The van der Waals surface area contributed by atoms with Crippen molar-refractivity contribution < 1.29 is 9.53 Å². The molecule has 0 aliphatic heterocycles. The predicted octanol–water partition coefficient (Wildman–Crippen LogP) is 2.76. The van der Waals surface area contributed by atoms with Crippen LogP contribution in [0.15, 0.2) is 24.3 Å². The van der Waals surface area contributed by atoms with Crippen LogP contribution in [0.2, 0.25) is 5.02 Å². The molecule has 0 saturated carbocycles. The summed E-state index contributed by atoms with van der Waals surface area (Å²) >= 11 is 7.38. The van der Waals surface area contributed by atoms with Crippen LogP contribution in [0.4, 0.5) is 0 Å². The van der Waals surface area contributed by atoms with E-state index in [1.54, 1.807) is 24.3 Å². The average molecular weight is 322 g/mol. The predicted molar refractivity (Wildman–Crippen MR) is 81.2 cm³/mol. The Bertz CT molecular complexity index is 721. The Morgan fingerprint density at radius 3 is 2.90 bits per heavy atom. The van der Waals surface area contributed by atoms with Gasteiger partial charge < -0.3 is 4.74 Å². The van der Waals surface area contributed by atoms with Gasteiger partial charge in [-0.2, -0.15) is 5.26 Å². The van der Waals surface area contributed by atoms with Gasteiger partial charge in [-0.05, 0) is 31.2 Å². The molecule has 2 aromatic rings. The van der Waals surface area contributed by atoms with E-state index >= 15 is 0 Å². The number of nitrogens with one attached hydrogen (secondary N) is 1. The van der Waals surface area contributed by atoms with E-state index < -0.39 is 0 Å². The molecule has 0 unspecified atom stereocenters. The van der Waals surface area contributed by atoms with Gasteiger partial charge in [0.1, 0.15) is 12.4 Å². The first-order chi connectivity index (χ1) is 10.0. The van der Waals surface area contributed by atoms with Gasteiger partial charge in [0.2, 0.25) is 0 Å². The van der Waals surface area contributed by atoms with E-state index in [-0.39, 0.29) is 12.5 Å². The van der Waals surface area contributed by atoms with Crippen molar-refractivity contribution >= 4 is 28.8 Å². The van der Waals surface area contributed by atoms with Crippen LogP contribution < -0.4 is 16.0 Å². The van der Waals surface area contributed by atoms with Crippen molar-refractivity contribution in [3.8, 4) is 11.8 Å². The number of hydrazine groups is 1. The zero-order valence-electron chi connectivity index (χ0n) is 11.1. The van der Waals surface area contributed by atoms with Crippen molar-refractivity contribution in [2.24, 2.45) is 5.84 Å². The number of nitrogen functional groups attached to an aromatic ring is 1. The summed E-state index contributed by atoms with van der Waals surface area (Å²) in [7, 11) is 0. The first-order valence-electron chi connectivity index (χ1n) is 5.98. The second-order valence-corrected chi connectivity index (χ2v) is 5.87. The Morgan fingerprint density at radius 1 is 1.52 bits per heavy atom. The first kappa shape index (κ1) is 15.3. The van der Waals surface area contributed by atoms with Crippen LogP contribution in [0.25, 0.3) is 0 Å². The number of hydrogen-bond acceptors (Lipinski definition) is 5. The van der Waals surface area contributed by atoms with Gasteiger partial charge in [-0.25, -0.2) is 5.84 Å². The van der Waals surface area contributed by atoms with Gasteiger partial charge in [-0.1, -0.05) is 11.6 Å². The maximum absolute atomic E-state index is 11.5. The molecule has 3 N–H and O–H groups in total. The number of benzene rings is 1. The van der Waals surface area contributed by atoms with Crippen LogP contribution >= 0.6 is 22.9 Å². The molecule has 21 heavy (non-hydrogen) atoms. The SMILES string of the molecule is Cc1sc(C(=O)NN)cc1COc1ccc(C#N)cc1Cl. The highest BCUT2D eigenvalue weighted by atomic mass is 35.5. The number of rotatable bonds is 4. The number of carbonyl (C=O) groups excluding carboxylic acids is 1. The number of ether oxygens (including phenoxy) is 1. The van der Waals surface area contributed by atoms with Gasteiger partial charge in [0.25, 0.3) is 5.91 Å². The highest BCUT2D eigenvalue weighted by molar-refractivity contribution is 7.14. The van der Waals surface area contributed by atoms with E-state index in [9.17, 15) is 4.79 Å². The summed E-state index contributed by atoms with van der Waals surface area (Å²) in [5.74, 6) is 5.27. The first-order valence-corrected chi connectivity index (χ1v) is 7.17. The Balaban J connectivity index is 2.12. The molecule has 0 spiro atoms. The van der Waals surface area contributed by atoms with Crippen molar-refractivity contribution in [1.82, 2.24) is 5.43 Å². The van der Waals surface area contributed by atoms with Crippen LogP contribution in [-0.2, 0) is 6.61 Å². The Kier molecular flexibility index (Phi) is 4.81. The fraction of sp³-hybridized carbons (Fsp3) is 0.143. The quantitative estimate of drug-likeness (QED) is 0.515. The number of carbonyl (C=O) groups is 1. The molecule has 0 radical (unpaired) electrons. The number of nitrogens with two attached hydrogens (primary N) is 1. The topological polar surface area (TPSA) is 88.1 Å². The molecule has 0 aliphatic carbocycles. The van der Waals surface area contributed by atoms with Crippen molar-refractivity contribution in [2.75, 3.05) is 0 Å². The van der Waals surface area contributed by atoms with Crippen molar-refractivity contribution in [2.45, 2.75) is 13.5 Å². The van der Waals surface area contributed by atoms with E-state index in [1.165, 1.54) is 11.3 Å². The normalized spacial score (nSPS) is 10.0. The van der Waals surface area contributed by atoms with Crippen molar-refractivity contribution in [3.63, 3.8) is 0 Å². The molecular formula is C14H12ClN3O2S. The number of aryl methyl sites for hydroxylation is 1. The Hall–Kier alpha value is -2.07. The smallest absolute Gasteiger partial charge is 0.275 e. The number of halogens is 1. The molecule has 0 atom stereocenters. The summed E-state index contributed by atoms with van der Waals surface area (Å²) in [5, 5.41) is 9.16. The zero-order valence-corrected chi connectivity index (χ0v) is 12.7. The third kappa shape index (κ3) is 3.52. The monoisotopic (exact) mass is 321 g/mol. The fourth-order valence-electron chi connectivity index (χ4n) is 1.69. The average Bonchev–Trinajstić information content (AvgIpc) is 2.86. The zero-order chi connectivity index (χ0) is 15.4. The standard InChI is InChI=1S/C14H12ClN3O2S/c1-8-10(5-13(21-8)14(19)18-17)7-20-12-3-2-9(6-16)4-11(12)15/h2-5H,7,17H2,1H3,(H,18,19). The maximum atomic E-state index is 11.5. The van der Waals surface area contributed by atoms with E-state index in [1.807, 2.05) is 13.0 Å². The molecule has 108 valence electrons. The summed E-state index contributed by atoms with van der Waals surface area (Å²) in [4.78, 5) is 13.0. The van der Waals surface area contributed by atoms with Gasteiger partial charge in [-0.15, -0.1) is 11.3 Å². The molecule has 5 nitrogen and oxygen atoms in total. The number of amides is 1. The number of nitrogens with zero attached hydrogens (tertiary/aromatic N) is 1. The van der Waals surface area contributed by atoms with Crippen LogP contribution in [0, 0.1) is 18.3 Å². The minimum atomic E-state index is -0.328. The second kappa shape index (κ2) is 6.59. The molecule has 1 amide bonds. The molecule has 1 heterocycles. The van der Waals surface area contributed by atoms with Crippen molar-refractivity contribution in [1.29, 1.82) is 5.26 Å². The number of thiophene rings is 1. The third-order valence-electron chi connectivity index (χ3n) is 2.82. The van der Waals surface area contributed by atoms with E-state index in [0.29, 0.717) is 21.2 Å². The molecule has 1 aromatic heterocycles. The summed E-state index contributed by atoms with van der Waals surface area (Å²) in [5.41, 5.74) is 3.46. The van der Waals surface area contributed by atoms with Crippen molar-refractivity contribution in [3.05, 3.63) is 50.2 Å². The summed E-state index contributed by atoms with van der Waals surface area (Å²) in [6.07, 6.45) is 0. The van der Waals surface area contributed by atoms with E-state index in [2.05, 4.69) is 5.43 Å². The van der Waals surface area contributed by atoms with Gasteiger partial charge in [0.05, 0.1) is 21.5 Å².